The van der Waals surface area contributed by atoms with Gasteiger partial charge in [0.05, 0.1) is 23.7 Å². The van der Waals surface area contributed by atoms with Gasteiger partial charge in [-0.05, 0) is 36.8 Å². The first-order valence-corrected chi connectivity index (χ1v) is 8.31. The second kappa shape index (κ2) is 8.25. The van der Waals surface area contributed by atoms with Crippen LogP contribution in [0.1, 0.15) is 6.42 Å². The van der Waals surface area contributed by atoms with Gasteiger partial charge < -0.3 is 20.1 Å². The molecule has 1 heterocycles. The number of benzene rings is 2. The minimum Gasteiger partial charge on any atom is -0.381 e. The van der Waals surface area contributed by atoms with Crippen molar-refractivity contribution in [3.63, 3.8) is 0 Å². The minimum atomic E-state index is -0.677. The van der Waals surface area contributed by atoms with Gasteiger partial charge in [0.15, 0.2) is 0 Å². The summed E-state index contributed by atoms with van der Waals surface area (Å²) in [6.07, 6.45) is 0.0548. The molecule has 2 aromatic carbocycles. The Bertz CT molecular complexity index is 779. The SMILES string of the molecule is COC(C(=O)Nc1ccc(F)cc1Nc1ccccc1F)C1CCOC1. The summed E-state index contributed by atoms with van der Waals surface area (Å²) in [5.41, 5.74) is 0.766. The maximum Gasteiger partial charge on any atom is 0.253 e. The van der Waals surface area contributed by atoms with Crippen LogP contribution in [0.3, 0.4) is 0 Å². The number of amides is 1. The lowest BCUT2D eigenvalue weighted by Gasteiger charge is -2.21. The number of ether oxygens (including phenoxy) is 2. The summed E-state index contributed by atoms with van der Waals surface area (Å²) in [6, 6.07) is 9.88. The molecule has 1 aliphatic rings. The maximum atomic E-state index is 13.9. The van der Waals surface area contributed by atoms with E-state index in [-0.39, 0.29) is 23.2 Å². The van der Waals surface area contributed by atoms with Crippen molar-refractivity contribution in [3.05, 3.63) is 54.1 Å². The number of carbonyl (C=O) groups is 1. The van der Waals surface area contributed by atoms with Crippen LogP contribution in [0.5, 0.6) is 0 Å². The van der Waals surface area contributed by atoms with Crippen LogP contribution in [0.2, 0.25) is 0 Å². The van der Waals surface area contributed by atoms with Crippen LogP contribution in [0.25, 0.3) is 0 Å². The molecule has 138 valence electrons. The monoisotopic (exact) mass is 362 g/mol. The first-order chi connectivity index (χ1) is 12.6. The maximum absolute atomic E-state index is 13.9. The number of hydrogen-bond donors (Lipinski definition) is 2. The van der Waals surface area contributed by atoms with E-state index in [0.717, 1.165) is 6.42 Å². The van der Waals surface area contributed by atoms with Gasteiger partial charge in [0.1, 0.15) is 17.7 Å². The molecule has 2 atom stereocenters. The Balaban J connectivity index is 1.81. The van der Waals surface area contributed by atoms with E-state index in [4.69, 9.17) is 9.47 Å². The standard InChI is InChI=1S/C19H20F2N2O3/c1-25-18(12-8-9-26-11-12)19(24)23-16-7-6-13(20)10-17(16)22-15-5-3-2-4-14(15)21/h2-7,10,12,18,22H,8-9,11H2,1H3,(H,23,24). The molecule has 3 rings (SSSR count). The molecule has 1 saturated heterocycles. The van der Waals surface area contributed by atoms with Crippen molar-refractivity contribution >= 4 is 23.0 Å². The van der Waals surface area contributed by atoms with E-state index in [0.29, 0.717) is 18.9 Å². The van der Waals surface area contributed by atoms with Crippen LogP contribution in [0.4, 0.5) is 25.8 Å². The molecule has 1 aliphatic heterocycles. The Morgan fingerprint density at radius 3 is 2.69 bits per heavy atom. The van der Waals surface area contributed by atoms with Crippen molar-refractivity contribution in [1.29, 1.82) is 0 Å². The van der Waals surface area contributed by atoms with Gasteiger partial charge in [-0.3, -0.25) is 4.79 Å². The fourth-order valence-corrected chi connectivity index (χ4v) is 2.95. The van der Waals surface area contributed by atoms with Crippen molar-refractivity contribution < 1.29 is 23.0 Å². The molecule has 5 nitrogen and oxygen atoms in total. The first kappa shape index (κ1) is 18.3. The summed E-state index contributed by atoms with van der Waals surface area (Å²) in [6.45, 7) is 1.05. The van der Waals surface area contributed by atoms with Gasteiger partial charge in [-0.2, -0.15) is 0 Å². The molecule has 0 aromatic heterocycles. The Labute approximate surface area is 150 Å². The highest BCUT2D eigenvalue weighted by Gasteiger charge is 2.31. The van der Waals surface area contributed by atoms with Crippen LogP contribution in [-0.2, 0) is 14.3 Å². The van der Waals surface area contributed by atoms with E-state index in [1.165, 1.54) is 37.4 Å². The Morgan fingerprint density at radius 1 is 1.19 bits per heavy atom. The zero-order valence-electron chi connectivity index (χ0n) is 14.3. The number of carbonyl (C=O) groups excluding carboxylic acids is 1. The molecule has 1 fully saturated rings. The molecule has 1 amide bonds. The number of hydrogen-bond acceptors (Lipinski definition) is 4. The topological polar surface area (TPSA) is 59.6 Å². The third-order valence-corrected chi connectivity index (χ3v) is 4.29. The molecular weight excluding hydrogens is 342 g/mol. The smallest absolute Gasteiger partial charge is 0.253 e. The number of halogens is 2. The van der Waals surface area contributed by atoms with Gasteiger partial charge >= 0.3 is 0 Å². The van der Waals surface area contributed by atoms with Crippen LogP contribution in [0, 0.1) is 17.6 Å². The molecular formula is C19H20F2N2O3. The predicted molar refractivity (Wildman–Crippen MR) is 94.4 cm³/mol. The normalized spacial score (nSPS) is 17.7. The summed E-state index contributed by atoms with van der Waals surface area (Å²) in [5, 5.41) is 5.55. The summed E-state index contributed by atoms with van der Waals surface area (Å²) < 4.78 is 38.2. The molecule has 2 aromatic rings. The first-order valence-electron chi connectivity index (χ1n) is 8.31. The second-order valence-corrected chi connectivity index (χ2v) is 6.06. The highest BCUT2D eigenvalue weighted by atomic mass is 19.1. The third-order valence-electron chi connectivity index (χ3n) is 4.29. The van der Waals surface area contributed by atoms with Crippen molar-refractivity contribution in [2.75, 3.05) is 31.0 Å². The van der Waals surface area contributed by atoms with Crippen LogP contribution in [-0.4, -0.2) is 32.3 Å². The van der Waals surface area contributed by atoms with Gasteiger partial charge in [-0.15, -0.1) is 0 Å². The lowest BCUT2D eigenvalue weighted by Crippen LogP contribution is -2.36. The van der Waals surface area contributed by atoms with E-state index in [9.17, 15) is 13.6 Å². The molecule has 2 N–H and O–H groups in total. The van der Waals surface area contributed by atoms with Crippen LogP contribution in [0.15, 0.2) is 42.5 Å². The van der Waals surface area contributed by atoms with E-state index in [2.05, 4.69) is 10.6 Å². The van der Waals surface area contributed by atoms with Crippen molar-refractivity contribution in [2.45, 2.75) is 12.5 Å². The summed E-state index contributed by atoms with van der Waals surface area (Å²) in [4.78, 5) is 12.6. The zero-order valence-corrected chi connectivity index (χ0v) is 14.3. The largest absolute Gasteiger partial charge is 0.381 e. The Morgan fingerprint density at radius 2 is 2.00 bits per heavy atom. The number of rotatable bonds is 6. The van der Waals surface area contributed by atoms with Crippen molar-refractivity contribution in [3.8, 4) is 0 Å². The van der Waals surface area contributed by atoms with Crippen molar-refractivity contribution in [1.82, 2.24) is 0 Å². The second-order valence-electron chi connectivity index (χ2n) is 6.06. The molecule has 26 heavy (non-hydrogen) atoms. The number of nitrogens with one attached hydrogen (secondary N) is 2. The van der Waals surface area contributed by atoms with Gasteiger partial charge in [-0.1, -0.05) is 12.1 Å². The lowest BCUT2D eigenvalue weighted by atomic mass is 10.0. The van der Waals surface area contributed by atoms with Crippen LogP contribution >= 0.6 is 0 Å². The fraction of sp³-hybridized carbons (Fsp3) is 0.316. The van der Waals surface area contributed by atoms with E-state index in [1.807, 2.05) is 0 Å². The quantitative estimate of drug-likeness (QED) is 0.823. The molecule has 0 saturated carbocycles. The number of methoxy groups -OCH3 is 1. The number of para-hydroxylation sites is 1. The van der Waals surface area contributed by atoms with Crippen molar-refractivity contribution in [2.24, 2.45) is 5.92 Å². The van der Waals surface area contributed by atoms with E-state index in [1.54, 1.807) is 12.1 Å². The highest BCUT2D eigenvalue weighted by molar-refractivity contribution is 5.97. The van der Waals surface area contributed by atoms with Gasteiger partial charge in [-0.25, -0.2) is 8.78 Å². The molecule has 0 spiro atoms. The molecule has 0 aliphatic carbocycles. The molecule has 7 heteroatoms. The Kier molecular flexibility index (Phi) is 5.80. The molecule has 0 bridgehead atoms. The minimum absolute atomic E-state index is 0.0385. The molecule has 0 radical (unpaired) electrons. The van der Waals surface area contributed by atoms with Gasteiger partial charge in [0, 0.05) is 19.6 Å². The van der Waals surface area contributed by atoms with Crippen LogP contribution < -0.4 is 10.6 Å². The fourth-order valence-electron chi connectivity index (χ4n) is 2.95. The van der Waals surface area contributed by atoms with E-state index >= 15 is 0 Å². The summed E-state index contributed by atoms with van der Waals surface area (Å²) >= 11 is 0. The average molecular weight is 362 g/mol. The van der Waals surface area contributed by atoms with Gasteiger partial charge in [0.25, 0.3) is 5.91 Å². The average Bonchev–Trinajstić information content (AvgIpc) is 3.14. The van der Waals surface area contributed by atoms with E-state index < -0.39 is 17.7 Å². The molecule has 2 unspecified atom stereocenters. The lowest BCUT2D eigenvalue weighted by molar-refractivity contribution is -0.128. The third kappa shape index (κ3) is 4.17. The Hall–Kier alpha value is -2.51. The zero-order chi connectivity index (χ0) is 18.5. The summed E-state index contributed by atoms with van der Waals surface area (Å²) in [5.74, 6) is -1.38. The highest BCUT2D eigenvalue weighted by Crippen LogP contribution is 2.29. The predicted octanol–water partition coefficient (Wildman–Crippen LogP) is 3.70. The van der Waals surface area contributed by atoms with Gasteiger partial charge in [0.2, 0.25) is 0 Å². The summed E-state index contributed by atoms with van der Waals surface area (Å²) in [7, 11) is 1.46. The number of anilines is 3.